The van der Waals surface area contributed by atoms with Crippen LogP contribution in [0.1, 0.15) is 19.0 Å². The van der Waals surface area contributed by atoms with Gasteiger partial charge in [-0.25, -0.2) is 13.4 Å². The fraction of sp³-hybridized carbons (Fsp3) is 0.545. The van der Waals surface area contributed by atoms with E-state index in [2.05, 4.69) is 15.0 Å². The molecule has 0 aliphatic carbocycles. The molecule has 0 fully saturated rings. The Morgan fingerprint density at radius 3 is 2.67 bits per heavy atom. The van der Waals surface area contributed by atoms with Crippen molar-refractivity contribution in [2.75, 3.05) is 17.5 Å². The Morgan fingerprint density at radius 1 is 1.48 bits per heavy atom. The van der Waals surface area contributed by atoms with Crippen LogP contribution in [0.4, 0.5) is 5.13 Å². The molecule has 1 atom stereocenters. The van der Waals surface area contributed by atoms with E-state index in [-0.39, 0.29) is 24.0 Å². The number of carbonyl (C=O) groups is 2. The van der Waals surface area contributed by atoms with Crippen LogP contribution in [0.5, 0.6) is 0 Å². The molecule has 0 saturated heterocycles. The molecule has 10 heteroatoms. The first-order valence-electron chi connectivity index (χ1n) is 6.13. The van der Waals surface area contributed by atoms with Gasteiger partial charge >= 0.3 is 5.97 Å². The molecule has 1 aromatic rings. The molecule has 0 spiro atoms. The maximum absolute atomic E-state index is 11.7. The molecule has 21 heavy (non-hydrogen) atoms. The summed E-state index contributed by atoms with van der Waals surface area (Å²) in [4.78, 5) is 26.5. The number of aliphatic carboxylic acids is 1. The summed E-state index contributed by atoms with van der Waals surface area (Å²) in [6.07, 6.45) is 1.41. The van der Waals surface area contributed by atoms with Gasteiger partial charge in [0.05, 0.1) is 24.3 Å². The molecule has 0 aromatic carbocycles. The molecule has 3 N–H and O–H groups in total. The predicted octanol–water partition coefficient (Wildman–Crippen LogP) is 0.284. The van der Waals surface area contributed by atoms with E-state index >= 15 is 0 Å². The minimum absolute atomic E-state index is 0.0298. The number of nitrogens with zero attached hydrogens (tertiary/aromatic N) is 1. The summed E-state index contributed by atoms with van der Waals surface area (Å²) in [5.41, 5.74) is 0.423. The molecule has 0 aliphatic heterocycles. The first-order chi connectivity index (χ1) is 9.71. The zero-order valence-corrected chi connectivity index (χ0v) is 13.3. The van der Waals surface area contributed by atoms with Crippen molar-refractivity contribution in [2.45, 2.75) is 19.8 Å². The molecule has 1 aromatic heterocycles. The van der Waals surface area contributed by atoms with Crippen LogP contribution in [-0.2, 0) is 26.0 Å². The number of hydrogen-bond acceptors (Lipinski definition) is 6. The summed E-state index contributed by atoms with van der Waals surface area (Å²) in [6.45, 7) is 1.79. The van der Waals surface area contributed by atoms with Crippen molar-refractivity contribution in [3.8, 4) is 0 Å². The lowest BCUT2D eigenvalue weighted by Crippen LogP contribution is -2.33. The highest BCUT2D eigenvalue weighted by Gasteiger charge is 2.16. The van der Waals surface area contributed by atoms with Crippen molar-refractivity contribution in [1.82, 2.24) is 10.3 Å². The third-order valence-corrected chi connectivity index (χ3v) is 4.05. The largest absolute Gasteiger partial charge is 0.481 e. The van der Waals surface area contributed by atoms with Crippen LogP contribution in [-0.4, -0.2) is 43.2 Å². The normalized spacial score (nSPS) is 12.7. The molecular weight excluding hydrogens is 318 g/mol. The first-order valence-corrected chi connectivity index (χ1v) is 8.90. The lowest BCUT2D eigenvalue weighted by atomic mass is 10.1. The summed E-state index contributed by atoms with van der Waals surface area (Å²) in [7, 11) is -3.39. The van der Waals surface area contributed by atoms with Crippen molar-refractivity contribution >= 4 is 38.4 Å². The van der Waals surface area contributed by atoms with Crippen LogP contribution in [0.2, 0.25) is 0 Å². The van der Waals surface area contributed by atoms with Crippen LogP contribution < -0.4 is 10.0 Å². The van der Waals surface area contributed by atoms with Gasteiger partial charge in [-0.1, -0.05) is 6.92 Å². The third-order valence-electron chi connectivity index (χ3n) is 2.55. The number of sulfonamides is 1. The molecule has 118 valence electrons. The van der Waals surface area contributed by atoms with Gasteiger partial charge < -0.3 is 10.4 Å². The van der Waals surface area contributed by atoms with E-state index in [0.717, 1.165) is 17.6 Å². The number of carboxylic acids is 1. The van der Waals surface area contributed by atoms with Crippen LogP contribution >= 0.6 is 11.3 Å². The van der Waals surface area contributed by atoms with Gasteiger partial charge in [0.15, 0.2) is 5.13 Å². The molecule has 0 aliphatic rings. The minimum Gasteiger partial charge on any atom is -0.481 e. The molecule has 8 nitrogen and oxygen atoms in total. The summed E-state index contributed by atoms with van der Waals surface area (Å²) in [5.74, 6) is -1.93. The Labute approximate surface area is 126 Å². The monoisotopic (exact) mass is 335 g/mol. The van der Waals surface area contributed by atoms with E-state index in [0.29, 0.717) is 12.1 Å². The van der Waals surface area contributed by atoms with Crippen LogP contribution in [0.25, 0.3) is 0 Å². The first kappa shape index (κ1) is 17.4. The van der Waals surface area contributed by atoms with Gasteiger partial charge in [0, 0.05) is 11.9 Å². The summed E-state index contributed by atoms with van der Waals surface area (Å²) < 4.78 is 24.3. The van der Waals surface area contributed by atoms with E-state index < -0.39 is 21.9 Å². The Kier molecular flexibility index (Phi) is 6.09. The number of thiazole rings is 1. The van der Waals surface area contributed by atoms with Gasteiger partial charge in [0.25, 0.3) is 0 Å². The van der Waals surface area contributed by atoms with Crippen molar-refractivity contribution in [3.05, 3.63) is 11.1 Å². The number of nitrogens with one attached hydrogen (secondary N) is 2. The molecule has 0 radical (unpaired) electrons. The van der Waals surface area contributed by atoms with E-state index in [4.69, 9.17) is 5.11 Å². The Hall–Kier alpha value is -1.68. The van der Waals surface area contributed by atoms with Gasteiger partial charge in [-0.05, 0) is 6.42 Å². The van der Waals surface area contributed by atoms with Crippen molar-refractivity contribution in [1.29, 1.82) is 0 Å². The zero-order chi connectivity index (χ0) is 16.0. The van der Waals surface area contributed by atoms with Crippen molar-refractivity contribution in [3.63, 3.8) is 0 Å². The average Bonchev–Trinajstić information content (AvgIpc) is 2.74. The predicted molar refractivity (Wildman–Crippen MR) is 78.7 cm³/mol. The fourth-order valence-corrected chi connectivity index (χ4v) is 3.03. The SMILES string of the molecule is CCC(CNC(=O)Cc1csc(NS(C)(=O)=O)n1)C(=O)O. The number of hydrogen-bond donors (Lipinski definition) is 3. The van der Waals surface area contributed by atoms with Crippen molar-refractivity contribution < 1.29 is 23.1 Å². The van der Waals surface area contributed by atoms with Gasteiger partial charge in [0.1, 0.15) is 0 Å². The average molecular weight is 335 g/mol. The number of carbonyl (C=O) groups excluding carboxylic acids is 1. The second-order valence-corrected chi connectivity index (χ2v) is 7.05. The number of carboxylic acid groups (broad SMARTS) is 1. The highest BCUT2D eigenvalue weighted by atomic mass is 32.2. The molecule has 1 heterocycles. The van der Waals surface area contributed by atoms with Gasteiger partial charge in [-0.15, -0.1) is 11.3 Å². The number of amides is 1. The van der Waals surface area contributed by atoms with E-state index in [1.54, 1.807) is 12.3 Å². The van der Waals surface area contributed by atoms with E-state index in [9.17, 15) is 18.0 Å². The topological polar surface area (TPSA) is 125 Å². The Balaban J connectivity index is 2.50. The molecule has 1 rings (SSSR count). The zero-order valence-electron chi connectivity index (χ0n) is 11.6. The quantitative estimate of drug-likeness (QED) is 0.627. The van der Waals surface area contributed by atoms with Gasteiger partial charge in [-0.3, -0.25) is 14.3 Å². The smallest absolute Gasteiger partial charge is 0.308 e. The Morgan fingerprint density at radius 2 is 2.14 bits per heavy atom. The van der Waals surface area contributed by atoms with Gasteiger partial charge in [-0.2, -0.15) is 0 Å². The van der Waals surface area contributed by atoms with Gasteiger partial charge in [0.2, 0.25) is 15.9 Å². The molecule has 1 amide bonds. The van der Waals surface area contributed by atoms with Crippen LogP contribution in [0.3, 0.4) is 0 Å². The Bertz CT molecular complexity index is 611. The summed E-state index contributed by atoms with van der Waals surface area (Å²) in [5, 5.41) is 13.2. The number of anilines is 1. The van der Waals surface area contributed by atoms with Crippen LogP contribution in [0, 0.1) is 5.92 Å². The summed E-state index contributed by atoms with van der Waals surface area (Å²) >= 11 is 1.08. The molecule has 1 unspecified atom stereocenters. The van der Waals surface area contributed by atoms with E-state index in [1.807, 2.05) is 0 Å². The van der Waals surface area contributed by atoms with Crippen molar-refractivity contribution in [2.24, 2.45) is 5.92 Å². The van der Waals surface area contributed by atoms with Crippen LogP contribution in [0.15, 0.2) is 5.38 Å². The third kappa shape index (κ3) is 6.54. The summed E-state index contributed by atoms with van der Waals surface area (Å²) in [6, 6.07) is 0. The fourth-order valence-electron chi connectivity index (χ4n) is 1.46. The highest BCUT2D eigenvalue weighted by molar-refractivity contribution is 7.92. The lowest BCUT2D eigenvalue weighted by molar-refractivity contribution is -0.141. The number of aromatic nitrogens is 1. The standard InChI is InChI=1S/C11H17N3O5S2/c1-3-7(10(16)17)5-12-9(15)4-8-6-20-11(13-8)14-21(2,18)19/h6-7H,3-5H2,1-2H3,(H,12,15)(H,13,14)(H,16,17). The number of rotatable bonds is 8. The highest BCUT2D eigenvalue weighted by Crippen LogP contribution is 2.16. The molecule has 0 saturated carbocycles. The lowest BCUT2D eigenvalue weighted by Gasteiger charge is -2.10. The molecule has 0 bridgehead atoms. The maximum Gasteiger partial charge on any atom is 0.308 e. The maximum atomic E-state index is 11.7. The second kappa shape index (κ2) is 7.36. The van der Waals surface area contributed by atoms with E-state index in [1.165, 1.54) is 0 Å². The molecular formula is C11H17N3O5S2. The minimum atomic E-state index is -3.39. The second-order valence-electron chi connectivity index (χ2n) is 4.44.